The largest absolute Gasteiger partial charge is 0.478 e. The Kier molecular flexibility index (Phi) is 2.76. The van der Waals surface area contributed by atoms with E-state index in [9.17, 15) is 9.90 Å². The average molecular weight is 248 g/mol. The lowest BCUT2D eigenvalue weighted by molar-refractivity contribution is 0.0699. The van der Waals surface area contributed by atoms with Gasteiger partial charge in [-0.05, 0) is 22.6 Å². The Morgan fingerprint density at radius 3 is 2.16 bits per heavy atom. The number of fused-ring (bicyclic) bond motifs is 1. The summed E-state index contributed by atoms with van der Waals surface area (Å²) in [5.41, 5.74) is 2.33. The van der Waals surface area contributed by atoms with Crippen molar-refractivity contribution in [1.29, 1.82) is 0 Å². The third kappa shape index (κ3) is 1.97. The molecule has 3 aromatic carbocycles. The summed E-state index contributed by atoms with van der Waals surface area (Å²) in [6.45, 7) is 0. The minimum atomic E-state index is -0.894. The third-order valence-corrected chi connectivity index (χ3v) is 3.22. The van der Waals surface area contributed by atoms with Gasteiger partial charge in [0.2, 0.25) is 0 Å². The lowest BCUT2D eigenvalue weighted by Crippen LogP contribution is -1.98. The Labute approximate surface area is 110 Å². The predicted molar refractivity (Wildman–Crippen MR) is 76.3 cm³/mol. The third-order valence-electron chi connectivity index (χ3n) is 3.22. The Bertz CT molecular complexity index is 740. The highest BCUT2D eigenvalue weighted by atomic mass is 16.4. The van der Waals surface area contributed by atoms with E-state index in [1.807, 2.05) is 54.6 Å². The molecule has 0 spiro atoms. The van der Waals surface area contributed by atoms with E-state index >= 15 is 0 Å². The number of carboxylic acid groups (broad SMARTS) is 1. The highest BCUT2D eigenvalue weighted by Crippen LogP contribution is 2.31. The Morgan fingerprint density at radius 1 is 0.789 bits per heavy atom. The molecule has 0 saturated carbocycles. The Morgan fingerprint density at radius 2 is 1.47 bits per heavy atom. The summed E-state index contributed by atoms with van der Waals surface area (Å²) >= 11 is 0. The molecular formula is C17H12O2. The van der Waals surface area contributed by atoms with E-state index in [1.165, 1.54) is 0 Å². The molecule has 0 aliphatic heterocycles. The van der Waals surface area contributed by atoms with E-state index < -0.39 is 5.97 Å². The molecule has 0 bridgehead atoms. The molecule has 0 aromatic heterocycles. The van der Waals surface area contributed by atoms with Crippen molar-refractivity contribution in [3.63, 3.8) is 0 Å². The van der Waals surface area contributed by atoms with Gasteiger partial charge >= 0.3 is 5.97 Å². The van der Waals surface area contributed by atoms with Gasteiger partial charge in [-0.1, -0.05) is 60.7 Å². The number of aromatic carboxylic acids is 1. The van der Waals surface area contributed by atoms with Crippen LogP contribution in [-0.2, 0) is 0 Å². The Hall–Kier alpha value is -2.61. The average Bonchev–Trinajstić information content (AvgIpc) is 2.46. The number of hydrogen-bond donors (Lipinski definition) is 1. The van der Waals surface area contributed by atoms with Crippen LogP contribution in [0.15, 0.2) is 66.7 Å². The van der Waals surface area contributed by atoms with Gasteiger partial charge in [0.1, 0.15) is 0 Å². The van der Waals surface area contributed by atoms with Crippen LogP contribution >= 0.6 is 0 Å². The van der Waals surface area contributed by atoms with E-state index in [-0.39, 0.29) is 0 Å². The molecule has 0 amide bonds. The second-order valence-corrected chi connectivity index (χ2v) is 4.38. The van der Waals surface area contributed by atoms with Gasteiger partial charge in [0, 0.05) is 5.39 Å². The maximum absolute atomic E-state index is 11.4. The van der Waals surface area contributed by atoms with Crippen molar-refractivity contribution in [3.05, 3.63) is 72.3 Å². The van der Waals surface area contributed by atoms with E-state index in [0.29, 0.717) is 5.56 Å². The van der Waals surface area contributed by atoms with E-state index in [2.05, 4.69) is 0 Å². The number of carboxylic acids is 1. The van der Waals surface area contributed by atoms with Crippen LogP contribution in [0.3, 0.4) is 0 Å². The van der Waals surface area contributed by atoms with Gasteiger partial charge in [0.15, 0.2) is 0 Å². The molecule has 0 aliphatic carbocycles. The van der Waals surface area contributed by atoms with Gasteiger partial charge in [0.25, 0.3) is 0 Å². The fraction of sp³-hybridized carbons (Fsp3) is 0. The zero-order valence-corrected chi connectivity index (χ0v) is 10.2. The molecule has 0 fully saturated rings. The molecule has 0 atom stereocenters. The maximum Gasteiger partial charge on any atom is 0.336 e. The van der Waals surface area contributed by atoms with Gasteiger partial charge in [0.05, 0.1) is 5.56 Å². The number of carbonyl (C=O) groups is 1. The van der Waals surface area contributed by atoms with Gasteiger partial charge in [-0.3, -0.25) is 0 Å². The summed E-state index contributed by atoms with van der Waals surface area (Å²) in [5, 5.41) is 11.1. The molecule has 2 heteroatoms. The second-order valence-electron chi connectivity index (χ2n) is 4.38. The van der Waals surface area contributed by atoms with E-state index in [1.54, 1.807) is 12.1 Å². The first-order valence-corrected chi connectivity index (χ1v) is 6.08. The normalized spacial score (nSPS) is 10.5. The number of benzene rings is 3. The Balaban J connectivity index is 2.40. The first-order valence-electron chi connectivity index (χ1n) is 6.08. The molecular weight excluding hydrogens is 236 g/mol. The molecule has 0 radical (unpaired) electrons. The molecule has 0 unspecified atom stereocenters. The minimum absolute atomic E-state index is 0.344. The van der Waals surface area contributed by atoms with E-state index in [0.717, 1.165) is 21.9 Å². The molecule has 1 N–H and O–H groups in total. The molecule has 0 saturated heterocycles. The monoisotopic (exact) mass is 248 g/mol. The summed E-state index contributed by atoms with van der Waals surface area (Å²) in [4.78, 5) is 11.4. The summed E-state index contributed by atoms with van der Waals surface area (Å²) in [6, 6.07) is 21.1. The standard InChI is InChI=1S/C17H12O2/c18-17(19)15-11-5-9-13-8-4-10-14(16(13)15)12-6-2-1-3-7-12/h1-11H,(H,18,19). The van der Waals surface area contributed by atoms with Crippen molar-refractivity contribution in [2.45, 2.75) is 0 Å². The van der Waals surface area contributed by atoms with Crippen LogP contribution in [0.5, 0.6) is 0 Å². The van der Waals surface area contributed by atoms with Crippen molar-refractivity contribution in [1.82, 2.24) is 0 Å². The smallest absolute Gasteiger partial charge is 0.336 e. The predicted octanol–water partition coefficient (Wildman–Crippen LogP) is 4.21. The van der Waals surface area contributed by atoms with Crippen LogP contribution in [0.2, 0.25) is 0 Å². The molecule has 0 heterocycles. The zero-order valence-electron chi connectivity index (χ0n) is 10.2. The summed E-state index contributed by atoms with van der Waals surface area (Å²) in [5.74, 6) is -0.894. The second kappa shape index (κ2) is 4.58. The molecule has 0 aliphatic rings. The lowest BCUT2D eigenvalue weighted by Gasteiger charge is -2.09. The summed E-state index contributed by atoms with van der Waals surface area (Å²) < 4.78 is 0. The quantitative estimate of drug-likeness (QED) is 0.737. The first-order chi connectivity index (χ1) is 9.27. The van der Waals surface area contributed by atoms with Crippen molar-refractivity contribution >= 4 is 16.7 Å². The van der Waals surface area contributed by atoms with Crippen LogP contribution < -0.4 is 0 Å². The summed E-state index contributed by atoms with van der Waals surface area (Å²) in [7, 11) is 0. The molecule has 2 nitrogen and oxygen atoms in total. The summed E-state index contributed by atoms with van der Waals surface area (Å²) in [6.07, 6.45) is 0. The highest BCUT2D eigenvalue weighted by molar-refractivity contribution is 6.10. The lowest BCUT2D eigenvalue weighted by atomic mass is 9.95. The zero-order chi connectivity index (χ0) is 13.2. The van der Waals surface area contributed by atoms with Crippen LogP contribution in [0.1, 0.15) is 10.4 Å². The van der Waals surface area contributed by atoms with Crippen LogP contribution in [0.4, 0.5) is 0 Å². The molecule has 3 aromatic rings. The molecule has 3 rings (SSSR count). The van der Waals surface area contributed by atoms with Gasteiger partial charge in [-0.25, -0.2) is 4.79 Å². The molecule has 19 heavy (non-hydrogen) atoms. The topological polar surface area (TPSA) is 37.3 Å². The van der Waals surface area contributed by atoms with E-state index in [4.69, 9.17) is 0 Å². The van der Waals surface area contributed by atoms with Gasteiger partial charge in [-0.2, -0.15) is 0 Å². The van der Waals surface area contributed by atoms with Crippen LogP contribution in [0.25, 0.3) is 21.9 Å². The fourth-order valence-electron chi connectivity index (χ4n) is 2.38. The minimum Gasteiger partial charge on any atom is -0.478 e. The number of rotatable bonds is 2. The van der Waals surface area contributed by atoms with Gasteiger partial charge < -0.3 is 5.11 Å². The number of hydrogen-bond acceptors (Lipinski definition) is 1. The van der Waals surface area contributed by atoms with Crippen molar-refractivity contribution in [3.8, 4) is 11.1 Å². The van der Waals surface area contributed by atoms with Crippen LogP contribution in [0, 0.1) is 0 Å². The van der Waals surface area contributed by atoms with Crippen molar-refractivity contribution < 1.29 is 9.90 Å². The van der Waals surface area contributed by atoms with Crippen LogP contribution in [-0.4, -0.2) is 11.1 Å². The first kappa shape index (κ1) is 11.5. The van der Waals surface area contributed by atoms with Crippen molar-refractivity contribution in [2.75, 3.05) is 0 Å². The fourth-order valence-corrected chi connectivity index (χ4v) is 2.38. The maximum atomic E-state index is 11.4. The highest BCUT2D eigenvalue weighted by Gasteiger charge is 2.12. The SMILES string of the molecule is O=C(O)c1cccc2cccc(-c3ccccc3)c12. The van der Waals surface area contributed by atoms with Gasteiger partial charge in [-0.15, -0.1) is 0 Å². The van der Waals surface area contributed by atoms with Crippen molar-refractivity contribution in [2.24, 2.45) is 0 Å². The molecule has 92 valence electrons.